The third-order valence-corrected chi connectivity index (χ3v) is 2.41. The molecule has 5 nitrogen and oxygen atoms in total. The Morgan fingerprint density at radius 1 is 0.905 bits per heavy atom. The SMILES string of the molecule is CC(C)(NC(=O)Nc1c(F)c(F)c(F)c(F)c1F)C(=O)O. The lowest BCUT2D eigenvalue weighted by Crippen LogP contribution is -2.51. The van der Waals surface area contributed by atoms with Gasteiger partial charge in [-0.2, -0.15) is 0 Å². The molecule has 21 heavy (non-hydrogen) atoms. The first-order valence-corrected chi connectivity index (χ1v) is 5.33. The molecule has 0 fully saturated rings. The molecule has 0 heterocycles. The molecule has 0 spiro atoms. The molecular weight excluding hydrogens is 303 g/mol. The van der Waals surface area contributed by atoms with Gasteiger partial charge in [-0.25, -0.2) is 31.5 Å². The van der Waals surface area contributed by atoms with Crippen LogP contribution in [0.4, 0.5) is 32.4 Å². The summed E-state index contributed by atoms with van der Waals surface area (Å²) in [6.07, 6.45) is 0. The Morgan fingerprint density at radius 3 is 1.67 bits per heavy atom. The summed E-state index contributed by atoms with van der Waals surface area (Å²) in [7, 11) is 0. The summed E-state index contributed by atoms with van der Waals surface area (Å²) in [6, 6.07) is -1.45. The number of carbonyl (C=O) groups excluding carboxylic acids is 1. The predicted octanol–water partition coefficient (Wildman–Crippen LogP) is 2.37. The standard InChI is InChI=1S/C11H9F5N2O3/c1-11(2,9(19)20)18-10(21)17-8-6(15)4(13)3(12)5(14)7(8)16/h1-2H3,(H,19,20)(H2,17,18,21). The van der Waals surface area contributed by atoms with E-state index in [1.165, 1.54) is 5.32 Å². The van der Waals surface area contributed by atoms with Crippen molar-refractivity contribution in [2.24, 2.45) is 0 Å². The lowest BCUT2D eigenvalue weighted by atomic mass is 10.1. The normalized spacial score (nSPS) is 11.2. The number of hydrogen-bond donors (Lipinski definition) is 3. The molecule has 10 heteroatoms. The maximum atomic E-state index is 13.3. The van der Waals surface area contributed by atoms with E-state index in [0.29, 0.717) is 0 Å². The lowest BCUT2D eigenvalue weighted by Gasteiger charge is -2.21. The van der Waals surface area contributed by atoms with Gasteiger partial charge in [-0.15, -0.1) is 0 Å². The number of hydrogen-bond acceptors (Lipinski definition) is 2. The molecule has 1 aromatic rings. The van der Waals surface area contributed by atoms with Crippen molar-refractivity contribution >= 4 is 17.7 Å². The smallest absolute Gasteiger partial charge is 0.328 e. The van der Waals surface area contributed by atoms with Crippen LogP contribution in [0.5, 0.6) is 0 Å². The maximum absolute atomic E-state index is 13.3. The molecule has 3 N–H and O–H groups in total. The summed E-state index contributed by atoms with van der Waals surface area (Å²) in [5.41, 5.74) is -3.40. The van der Waals surface area contributed by atoms with E-state index < -0.39 is 52.3 Å². The van der Waals surface area contributed by atoms with Crippen molar-refractivity contribution in [1.29, 1.82) is 0 Å². The predicted molar refractivity (Wildman–Crippen MR) is 60.1 cm³/mol. The van der Waals surface area contributed by atoms with Crippen LogP contribution < -0.4 is 10.6 Å². The van der Waals surface area contributed by atoms with Crippen LogP contribution in [0.3, 0.4) is 0 Å². The molecule has 1 aromatic carbocycles. The van der Waals surface area contributed by atoms with Gasteiger partial charge in [0.15, 0.2) is 23.3 Å². The fourth-order valence-corrected chi connectivity index (χ4v) is 1.20. The molecule has 0 bridgehead atoms. The molecule has 0 saturated carbocycles. The molecule has 116 valence electrons. The van der Waals surface area contributed by atoms with Gasteiger partial charge >= 0.3 is 12.0 Å². The summed E-state index contributed by atoms with van der Waals surface area (Å²) < 4.78 is 65.1. The third kappa shape index (κ3) is 3.20. The van der Waals surface area contributed by atoms with Crippen LogP contribution in [0.15, 0.2) is 0 Å². The quantitative estimate of drug-likeness (QED) is 0.455. The van der Waals surface area contributed by atoms with E-state index >= 15 is 0 Å². The molecule has 0 aliphatic carbocycles. The topological polar surface area (TPSA) is 78.4 Å². The van der Waals surface area contributed by atoms with Gasteiger partial charge in [0.2, 0.25) is 5.82 Å². The zero-order chi connectivity index (χ0) is 16.5. The summed E-state index contributed by atoms with van der Waals surface area (Å²) in [5.74, 6) is -12.8. The van der Waals surface area contributed by atoms with Gasteiger partial charge < -0.3 is 15.7 Å². The first-order chi connectivity index (χ1) is 9.49. The number of rotatable bonds is 3. The van der Waals surface area contributed by atoms with Crippen LogP contribution in [0.1, 0.15) is 13.8 Å². The Bertz CT molecular complexity index is 589. The number of nitrogens with one attached hydrogen (secondary N) is 2. The largest absolute Gasteiger partial charge is 0.480 e. The van der Waals surface area contributed by atoms with Crippen molar-refractivity contribution in [2.45, 2.75) is 19.4 Å². The van der Waals surface area contributed by atoms with Crippen molar-refractivity contribution in [3.8, 4) is 0 Å². The Labute approximate surface area is 114 Å². The number of carboxylic acid groups (broad SMARTS) is 1. The van der Waals surface area contributed by atoms with Crippen molar-refractivity contribution < 1.29 is 36.6 Å². The molecular formula is C11H9F5N2O3. The third-order valence-electron chi connectivity index (χ3n) is 2.41. The molecule has 0 radical (unpaired) electrons. The van der Waals surface area contributed by atoms with Gasteiger partial charge in [0.05, 0.1) is 0 Å². The number of aliphatic carboxylic acids is 1. The second-order valence-electron chi connectivity index (χ2n) is 4.45. The molecule has 2 amide bonds. The number of urea groups is 1. The number of benzene rings is 1. The number of amides is 2. The van der Waals surface area contributed by atoms with E-state index in [1.54, 1.807) is 5.32 Å². The Morgan fingerprint density at radius 2 is 1.29 bits per heavy atom. The van der Waals surface area contributed by atoms with E-state index in [2.05, 4.69) is 0 Å². The molecule has 0 saturated heterocycles. The first kappa shape index (κ1) is 16.7. The van der Waals surface area contributed by atoms with Crippen LogP contribution in [-0.4, -0.2) is 22.6 Å². The average molecular weight is 312 g/mol. The van der Waals surface area contributed by atoms with Crippen molar-refractivity contribution in [2.75, 3.05) is 5.32 Å². The van der Waals surface area contributed by atoms with Gasteiger partial charge in [-0.3, -0.25) is 0 Å². The Balaban J connectivity index is 3.10. The monoisotopic (exact) mass is 312 g/mol. The number of carboxylic acids is 1. The molecule has 0 aliphatic rings. The van der Waals surface area contributed by atoms with Crippen LogP contribution in [0.25, 0.3) is 0 Å². The van der Waals surface area contributed by atoms with E-state index in [9.17, 15) is 31.5 Å². The van der Waals surface area contributed by atoms with Crippen LogP contribution in [0.2, 0.25) is 0 Å². The van der Waals surface area contributed by atoms with Crippen LogP contribution in [0, 0.1) is 29.1 Å². The highest BCUT2D eigenvalue weighted by molar-refractivity contribution is 5.93. The fourth-order valence-electron chi connectivity index (χ4n) is 1.20. The maximum Gasteiger partial charge on any atom is 0.328 e. The summed E-state index contributed by atoms with van der Waals surface area (Å²) in [4.78, 5) is 22.1. The molecule has 0 aliphatic heterocycles. The van der Waals surface area contributed by atoms with Gasteiger partial charge in [-0.05, 0) is 13.8 Å². The van der Waals surface area contributed by atoms with E-state index in [4.69, 9.17) is 5.11 Å². The average Bonchev–Trinajstić information content (AvgIpc) is 2.38. The van der Waals surface area contributed by atoms with E-state index in [-0.39, 0.29) is 0 Å². The zero-order valence-corrected chi connectivity index (χ0v) is 10.7. The van der Waals surface area contributed by atoms with Crippen molar-refractivity contribution in [3.05, 3.63) is 29.1 Å². The van der Waals surface area contributed by atoms with Gasteiger partial charge in [0.25, 0.3) is 0 Å². The van der Waals surface area contributed by atoms with Crippen molar-refractivity contribution in [1.82, 2.24) is 5.32 Å². The van der Waals surface area contributed by atoms with Crippen molar-refractivity contribution in [3.63, 3.8) is 0 Å². The second kappa shape index (κ2) is 5.54. The van der Waals surface area contributed by atoms with Gasteiger partial charge in [-0.1, -0.05) is 0 Å². The zero-order valence-electron chi connectivity index (χ0n) is 10.7. The Kier molecular flexibility index (Phi) is 4.40. The van der Waals surface area contributed by atoms with Crippen LogP contribution in [-0.2, 0) is 4.79 Å². The minimum Gasteiger partial charge on any atom is -0.480 e. The Hall–Kier alpha value is -2.39. The van der Waals surface area contributed by atoms with Gasteiger partial charge in [0, 0.05) is 0 Å². The van der Waals surface area contributed by atoms with E-state index in [1.807, 2.05) is 0 Å². The molecule has 0 aromatic heterocycles. The lowest BCUT2D eigenvalue weighted by molar-refractivity contribution is -0.142. The summed E-state index contributed by atoms with van der Waals surface area (Å²) in [5, 5.41) is 11.9. The number of halogens is 5. The number of carbonyl (C=O) groups is 2. The second-order valence-corrected chi connectivity index (χ2v) is 4.45. The minimum atomic E-state index is -2.37. The first-order valence-electron chi connectivity index (χ1n) is 5.33. The highest BCUT2D eigenvalue weighted by atomic mass is 19.2. The fraction of sp³-hybridized carbons (Fsp3) is 0.273. The molecule has 0 unspecified atom stereocenters. The molecule has 1 rings (SSSR count). The van der Waals surface area contributed by atoms with Crippen LogP contribution >= 0.6 is 0 Å². The number of anilines is 1. The van der Waals surface area contributed by atoms with Gasteiger partial charge in [0.1, 0.15) is 11.2 Å². The molecule has 0 atom stereocenters. The highest BCUT2D eigenvalue weighted by Crippen LogP contribution is 2.27. The highest BCUT2D eigenvalue weighted by Gasteiger charge is 2.31. The minimum absolute atomic E-state index is 1.05. The summed E-state index contributed by atoms with van der Waals surface area (Å²) >= 11 is 0. The van der Waals surface area contributed by atoms with E-state index in [0.717, 1.165) is 13.8 Å². The summed E-state index contributed by atoms with van der Waals surface area (Å²) in [6.45, 7) is 2.10.